The monoisotopic (exact) mass is 388 g/mol. The van der Waals surface area contributed by atoms with E-state index in [1.165, 1.54) is 11.1 Å². The molecule has 4 rings (SSSR count). The molecule has 1 aromatic heterocycles. The summed E-state index contributed by atoms with van der Waals surface area (Å²) in [4.78, 5) is 24.0. The summed E-state index contributed by atoms with van der Waals surface area (Å²) in [6.45, 7) is 6.01. The molecule has 0 unspecified atom stereocenters. The number of benzene rings is 2. The molecule has 3 aromatic rings. The molecular weight excluding hydrogens is 364 g/mol. The van der Waals surface area contributed by atoms with Gasteiger partial charge in [0.2, 0.25) is 5.95 Å². The number of rotatable bonds is 5. The number of carbonyl (C=O) groups is 1. The second-order valence-electron chi connectivity index (χ2n) is 7.05. The number of carbonyl (C=O) groups excluding carboxylic acids is 1. The van der Waals surface area contributed by atoms with Crippen molar-refractivity contribution in [3.8, 4) is 5.75 Å². The summed E-state index contributed by atoms with van der Waals surface area (Å²) in [6.07, 6.45) is 0.946. The fourth-order valence-corrected chi connectivity index (χ4v) is 3.47. The predicted octanol–water partition coefficient (Wildman–Crippen LogP) is 4.00. The lowest BCUT2D eigenvalue weighted by Gasteiger charge is -2.29. The summed E-state index contributed by atoms with van der Waals surface area (Å²) in [7, 11) is 0. The Morgan fingerprint density at radius 2 is 1.86 bits per heavy atom. The van der Waals surface area contributed by atoms with E-state index in [0.29, 0.717) is 23.9 Å². The molecule has 1 aliphatic rings. The van der Waals surface area contributed by atoms with Crippen molar-refractivity contribution < 1.29 is 9.53 Å². The topological polar surface area (TPSA) is 67.3 Å². The molecule has 1 aliphatic heterocycles. The minimum atomic E-state index is -0.252. The first-order valence-corrected chi connectivity index (χ1v) is 9.84. The highest BCUT2D eigenvalue weighted by Crippen LogP contribution is 2.23. The minimum Gasteiger partial charge on any atom is -0.494 e. The van der Waals surface area contributed by atoms with Crippen molar-refractivity contribution in [3.63, 3.8) is 0 Å². The highest BCUT2D eigenvalue weighted by molar-refractivity contribution is 6.03. The van der Waals surface area contributed by atoms with Gasteiger partial charge in [0, 0.05) is 24.5 Å². The lowest BCUT2D eigenvalue weighted by atomic mass is 10.0. The van der Waals surface area contributed by atoms with Gasteiger partial charge in [-0.15, -0.1) is 0 Å². The molecule has 0 aliphatic carbocycles. The average molecular weight is 388 g/mol. The number of fused-ring (bicyclic) bond motifs is 1. The summed E-state index contributed by atoms with van der Waals surface area (Å²) < 4.78 is 5.44. The summed E-state index contributed by atoms with van der Waals surface area (Å²) in [6, 6.07) is 17.4. The number of nitrogens with one attached hydrogen (secondary N) is 1. The van der Waals surface area contributed by atoms with Crippen LogP contribution in [-0.4, -0.2) is 29.0 Å². The van der Waals surface area contributed by atoms with E-state index in [1.807, 2.05) is 38.1 Å². The molecule has 0 bridgehead atoms. The van der Waals surface area contributed by atoms with Crippen molar-refractivity contribution in [1.82, 2.24) is 9.97 Å². The number of aromatic nitrogens is 2. The maximum absolute atomic E-state index is 12.8. The third-order valence-corrected chi connectivity index (χ3v) is 4.91. The first kappa shape index (κ1) is 18.9. The van der Waals surface area contributed by atoms with E-state index in [-0.39, 0.29) is 5.91 Å². The van der Waals surface area contributed by atoms with E-state index in [4.69, 9.17) is 4.74 Å². The zero-order valence-electron chi connectivity index (χ0n) is 16.7. The molecule has 0 saturated heterocycles. The van der Waals surface area contributed by atoms with Crippen molar-refractivity contribution in [2.75, 3.05) is 23.4 Å². The van der Waals surface area contributed by atoms with Gasteiger partial charge in [0.05, 0.1) is 6.61 Å². The molecule has 0 saturated carbocycles. The number of hydrogen-bond acceptors (Lipinski definition) is 5. The number of aryl methyl sites for hydroxylation is 1. The number of hydrogen-bond donors (Lipinski definition) is 1. The van der Waals surface area contributed by atoms with Crippen LogP contribution in [0.25, 0.3) is 0 Å². The van der Waals surface area contributed by atoms with Crippen LogP contribution in [0.2, 0.25) is 0 Å². The fraction of sp³-hybridized carbons (Fsp3) is 0.261. The lowest BCUT2D eigenvalue weighted by molar-refractivity contribution is 0.102. The second kappa shape index (κ2) is 8.31. The molecule has 6 heteroatoms. The number of nitrogens with zero attached hydrogens (tertiary/aromatic N) is 3. The van der Waals surface area contributed by atoms with Gasteiger partial charge in [-0.2, -0.15) is 0 Å². The first-order valence-electron chi connectivity index (χ1n) is 9.84. The van der Waals surface area contributed by atoms with E-state index in [2.05, 4.69) is 44.5 Å². The van der Waals surface area contributed by atoms with Crippen LogP contribution < -0.4 is 15.0 Å². The summed E-state index contributed by atoms with van der Waals surface area (Å²) in [5, 5.41) is 2.90. The lowest BCUT2D eigenvalue weighted by Crippen LogP contribution is -2.32. The molecule has 1 N–H and O–H groups in total. The molecule has 0 fully saturated rings. The summed E-state index contributed by atoms with van der Waals surface area (Å²) in [5.74, 6) is 1.12. The Hall–Kier alpha value is -3.41. The quantitative estimate of drug-likeness (QED) is 0.716. The van der Waals surface area contributed by atoms with Gasteiger partial charge in [0.25, 0.3) is 5.91 Å². The van der Waals surface area contributed by atoms with E-state index < -0.39 is 0 Å². The third kappa shape index (κ3) is 4.37. The fourth-order valence-electron chi connectivity index (χ4n) is 3.47. The highest BCUT2D eigenvalue weighted by atomic mass is 16.5. The Bertz CT molecular complexity index is 1020. The molecular formula is C23H24N4O2. The maximum Gasteiger partial charge on any atom is 0.274 e. The number of anilines is 2. The normalized spacial score (nSPS) is 13.0. The second-order valence-corrected chi connectivity index (χ2v) is 7.05. The zero-order chi connectivity index (χ0) is 20.2. The Morgan fingerprint density at radius 3 is 2.62 bits per heavy atom. The Kier molecular flexibility index (Phi) is 5.42. The van der Waals surface area contributed by atoms with Crippen LogP contribution in [0.5, 0.6) is 5.75 Å². The van der Waals surface area contributed by atoms with Crippen LogP contribution in [0.4, 0.5) is 11.6 Å². The molecule has 29 heavy (non-hydrogen) atoms. The minimum absolute atomic E-state index is 0.252. The van der Waals surface area contributed by atoms with Gasteiger partial charge in [-0.1, -0.05) is 24.3 Å². The largest absolute Gasteiger partial charge is 0.494 e. The van der Waals surface area contributed by atoms with Crippen LogP contribution in [0, 0.1) is 6.92 Å². The van der Waals surface area contributed by atoms with Crippen molar-refractivity contribution >= 4 is 17.5 Å². The van der Waals surface area contributed by atoms with E-state index >= 15 is 0 Å². The first-order chi connectivity index (χ1) is 14.1. The van der Waals surface area contributed by atoms with Gasteiger partial charge >= 0.3 is 0 Å². The molecule has 148 valence electrons. The van der Waals surface area contributed by atoms with Gasteiger partial charge in [-0.05, 0) is 61.7 Å². The van der Waals surface area contributed by atoms with E-state index in [0.717, 1.165) is 31.0 Å². The molecule has 2 aromatic carbocycles. The SMILES string of the molecule is CCOc1ccc(NC(=O)c2cc(C)nc(N3CCc4ccccc4C3)n2)cc1. The van der Waals surface area contributed by atoms with Crippen LogP contribution in [0.15, 0.2) is 54.6 Å². The Balaban J connectivity index is 1.51. The van der Waals surface area contributed by atoms with Crippen molar-refractivity contribution in [2.24, 2.45) is 0 Å². The van der Waals surface area contributed by atoms with Gasteiger partial charge in [0.1, 0.15) is 11.4 Å². The van der Waals surface area contributed by atoms with Gasteiger partial charge < -0.3 is 15.0 Å². The van der Waals surface area contributed by atoms with Crippen LogP contribution in [0.3, 0.4) is 0 Å². The third-order valence-electron chi connectivity index (χ3n) is 4.91. The molecule has 2 heterocycles. The molecule has 1 amide bonds. The van der Waals surface area contributed by atoms with Crippen molar-refractivity contribution in [2.45, 2.75) is 26.8 Å². The van der Waals surface area contributed by atoms with Crippen LogP contribution >= 0.6 is 0 Å². The number of amides is 1. The standard InChI is InChI=1S/C23H24N4O2/c1-3-29-20-10-8-19(9-11-20)25-22(28)21-14-16(2)24-23(26-21)27-13-12-17-6-4-5-7-18(17)15-27/h4-11,14H,3,12-13,15H2,1-2H3,(H,25,28). The summed E-state index contributed by atoms with van der Waals surface area (Å²) in [5.41, 5.74) is 4.48. The van der Waals surface area contributed by atoms with Crippen molar-refractivity contribution in [1.29, 1.82) is 0 Å². The predicted molar refractivity (Wildman–Crippen MR) is 114 cm³/mol. The van der Waals surface area contributed by atoms with E-state index in [9.17, 15) is 4.79 Å². The Morgan fingerprint density at radius 1 is 1.10 bits per heavy atom. The molecule has 0 radical (unpaired) electrons. The maximum atomic E-state index is 12.8. The van der Waals surface area contributed by atoms with Crippen LogP contribution in [0.1, 0.15) is 34.2 Å². The van der Waals surface area contributed by atoms with Crippen LogP contribution in [-0.2, 0) is 13.0 Å². The smallest absolute Gasteiger partial charge is 0.274 e. The van der Waals surface area contributed by atoms with Gasteiger partial charge in [-0.25, -0.2) is 9.97 Å². The van der Waals surface area contributed by atoms with Gasteiger partial charge in [0.15, 0.2) is 0 Å². The van der Waals surface area contributed by atoms with Gasteiger partial charge in [-0.3, -0.25) is 4.79 Å². The molecule has 0 atom stereocenters. The van der Waals surface area contributed by atoms with E-state index in [1.54, 1.807) is 6.07 Å². The Labute approximate surface area is 170 Å². The van der Waals surface area contributed by atoms with Crippen molar-refractivity contribution in [3.05, 3.63) is 77.1 Å². The summed E-state index contributed by atoms with van der Waals surface area (Å²) >= 11 is 0. The highest BCUT2D eigenvalue weighted by Gasteiger charge is 2.20. The average Bonchev–Trinajstić information content (AvgIpc) is 2.74. The molecule has 6 nitrogen and oxygen atoms in total. The zero-order valence-corrected chi connectivity index (χ0v) is 16.7. The molecule has 0 spiro atoms. The number of ether oxygens (including phenoxy) is 1.